The SMILES string of the molecule is CCCNC(CC)c1ccc(N(C)Cc2ccsc2)cc1. The highest BCUT2D eigenvalue weighted by Crippen LogP contribution is 2.22. The van der Waals surface area contributed by atoms with Crippen LogP contribution in [-0.4, -0.2) is 13.6 Å². The monoisotopic (exact) mass is 302 g/mol. The van der Waals surface area contributed by atoms with Gasteiger partial charge in [-0.05, 0) is 59.5 Å². The van der Waals surface area contributed by atoms with Crippen molar-refractivity contribution in [1.82, 2.24) is 5.32 Å². The third-order valence-electron chi connectivity index (χ3n) is 3.79. The molecule has 1 aromatic carbocycles. The number of rotatable bonds is 8. The molecular weight excluding hydrogens is 276 g/mol. The summed E-state index contributed by atoms with van der Waals surface area (Å²) in [5.41, 5.74) is 4.04. The van der Waals surface area contributed by atoms with Gasteiger partial charge in [0.2, 0.25) is 0 Å². The molecule has 2 nitrogen and oxygen atoms in total. The van der Waals surface area contributed by atoms with Crippen LogP contribution in [0.1, 0.15) is 43.9 Å². The van der Waals surface area contributed by atoms with Gasteiger partial charge < -0.3 is 10.2 Å². The highest BCUT2D eigenvalue weighted by molar-refractivity contribution is 7.07. The molecule has 0 saturated heterocycles. The van der Waals surface area contributed by atoms with Crippen LogP contribution in [-0.2, 0) is 6.54 Å². The Balaban J connectivity index is 2.00. The molecule has 3 heteroatoms. The number of nitrogens with zero attached hydrogens (tertiary/aromatic N) is 1. The number of anilines is 1. The van der Waals surface area contributed by atoms with Crippen LogP contribution in [0.4, 0.5) is 5.69 Å². The minimum atomic E-state index is 0.473. The fraction of sp³-hybridized carbons (Fsp3) is 0.444. The first kappa shape index (κ1) is 16.1. The largest absolute Gasteiger partial charge is 0.370 e. The van der Waals surface area contributed by atoms with Crippen molar-refractivity contribution in [2.24, 2.45) is 0 Å². The van der Waals surface area contributed by atoms with Gasteiger partial charge in [-0.1, -0.05) is 26.0 Å². The summed E-state index contributed by atoms with van der Waals surface area (Å²) in [6.07, 6.45) is 2.31. The smallest absolute Gasteiger partial charge is 0.0434 e. The van der Waals surface area contributed by atoms with E-state index in [-0.39, 0.29) is 0 Å². The van der Waals surface area contributed by atoms with E-state index < -0.39 is 0 Å². The number of thiophene rings is 1. The average molecular weight is 302 g/mol. The zero-order valence-electron chi connectivity index (χ0n) is 13.3. The second kappa shape index (κ2) is 8.20. The molecule has 0 radical (unpaired) electrons. The first-order valence-corrected chi connectivity index (χ1v) is 8.74. The van der Waals surface area contributed by atoms with Crippen molar-refractivity contribution in [3.63, 3.8) is 0 Å². The Morgan fingerprint density at radius 2 is 1.90 bits per heavy atom. The average Bonchev–Trinajstić information content (AvgIpc) is 3.01. The van der Waals surface area contributed by atoms with E-state index in [0.717, 1.165) is 19.5 Å². The minimum absolute atomic E-state index is 0.473. The molecule has 0 aliphatic carbocycles. The van der Waals surface area contributed by atoms with Gasteiger partial charge in [-0.25, -0.2) is 0 Å². The van der Waals surface area contributed by atoms with Crippen LogP contribution < -0.4 is 10.2 Å². The van der Waals surface area contributed by atoms with E-state index in [0.29, 0.717) is 6.04 Å². The van der Waals surface area contributed by atoms with Gasteiger partial charge >= 0.3 is 0 Å². The normalized spacial score (nSPS) is 12.3. The first-order valence-electron chi connectivity index (χ1n) is 7.80. The van der Waals surface area contributed by atoms with Gasteiger partial charge in [-0.15, -0.1) is 0 Å². The van der Waals surface area contributed by atoms with Gasteiger partial charge in [0, 0.05) is 25.3 Å². The van der Waals surface area contributed by atoms with Gasteiger partial charge in [0.15, 0.2) is 0 Å². The molecule has 1 heterocycles. The van der Waals surface area contributed by atoms with Crippen molar-refractivity contribution in [3.05, 3.63) is 52.2 Å². The van der Waals surface area contributed by atoms with E-state index >= 15 is 0 Å². The predicted octanol–water partition coefficient (Wildman–Crippen LogP) is 4.84. The van der Waals surface area contributed by atoms with E-state index in [1.807, 2.05) is 0 Å². The Morgan fingerprint density at radius 1 is 1.14 bits per heavy atom. The van der Waals surface area contributed by atoms with Crippen molar-refractivity contribution < 1.29 is 0 Å². The van der Waals surface area contributed by atoms with Crippen molar-refractivity contribution >= 4 is 17.0 Å². The summed E-state index contributed by atoms with van der Waals surface area (Å²) in [6, 6.07) is 11.7. The molecule has 2 aromatic rings. The molecule has 0 saturated carbocycles. The Kier molecular flexibility index (Phi) is 6.27. The lowest BCUT2D eigenvalue weighted by atomic mass is 10.0. The second-order valence-electron chi connectivity index (χ2n) is 5.49. The Hall–Kier alpha value is -1.32. The second-order valence-corrected chi connectivity index (χ2v) is 6.27. The Bertz CT molecular complexity index is 505. The third kappa shape index (κ3) is 4.58. The lowest BCUT2D eigenvalue weighted by Crippen LogP contribution is -2.21. The van der Waals surface area contributed by atoms with Gasteiger partial charge in [0.25, 0.3) is 0 Å². The maximum Gasteiger partial charge on any atom is 0.0434 e. The van der Waals surface area contributed by atoms with Gasteiger partial charge in [0.05, 0.1) is 0 Å². The molecule has 0 amide bonds. The number of nitrogens with one attached hydrogen (secondary N) is 1. The number of hydrogen-bond donors (Lipinski definition) is 1. The molecule has 0 spiro atoms. The van der Waals surface area contributed by atoms with Crippen molar-refractivity contribution in [3.8, 4) is 0 Å². The minimum Gasteiger partial charge on any atom is -0.370 e. The molecule has 114 valence electrons. The fourth-order valence-corrected chi connectivity index (χ4v) is 3.19. The van der Waals surface area contributed by atoms with E-state index in [2.05, 4.69) is 72.2 Å². The fourth-order valence-electron chi connectivity index (χ4n) is 2.53. The van der Waals surface area contributed by atoms with Crippen molar-refractivity contribution in [2.75, 3.05) is 18.5 Å². The van der Waals surface area contributed by atoms with E-state index in [1.54, 1.807) is 11.3 Å². The van der Waals surface area contributed by atoms with Crippen LogP contribution in [0.2, 0.25) is 0 Å². The highest BCUT2D eigenvalue weighted by Gasteiger charge is 2.09. The highest BCUT2D eigenvalue weighted by atomic mass is 32.1. The molecule has 0 fully saturated rings. The summed E-state index contributed by atoms with van der Waals surface area (Å²) < 4.78 is 0. The number of hydrogen-bond acceptors (Lipinski definition) is 3. The molecule has 1 N–H and O–H groups in total. The van der Waals surface area contributed by atoms with Crippen LogP contribution in [0.3, 0.4) is 0 Å². The molecule has 2 rings (SSSR count). The summed E-state index contributed by atoms with van der Waals surface area (Å²) in [5, 5.41) is 7.96. The van der Waals surface area contributed by atoms with Crippen LogP contribution in [0.15, 0.2) is 41.1 Å². The molecule has 0 bridgehead atoms. The maximum absolute atomic E-state index is 3.61. The van der Waals surface area contributed by atoms with Crippen molar-refractivity contribution in [2.45, 2.75) is 39.3 Å². The molecule has 1 atom stereocenters. The number of benzene rings is 1. The van der Waals surface area contributed by atoms with Crippen molar-refractivity contribution in [1.29, 1.82) is 0 Å². The molecular formula is C18H26N2S. The zero-order chi connectivity index (χ0) is 15.1. The third-order valence-corrected chi connectivity index (χ3v) is 4.52. The molecule has 0 aliphatic heterocycles. The Labute approximate surface area is 132 Å². The molecule has 0 aliphatic rings. The lowest BCUT2D eigenvalue weighted by molar-refractivity contribution is 0.518. The molecule has 21 heavy (non-hydrogen) atoms. The Morgan fingerprint density at radius 3 is 2.48 bits per heavy atom. The van der Waals surface area contributed by atoms with Gasteiger partial charge in [-0.2, -0.15) is 11.3 Å². The lowest BCUT2D eigenvalue weighted by Gasteiger charge is -2.21. The summed E-state index contributed by atoms with van der Waals surface area (Å²) in [5.74, 6) is 0. The standard InChI is InChI=1S/C18H26N2S/c1-4-11-19-18(5-2)16-6-8-17(9-7-16)20(3)13-15-10-12-21-14-15/h6-10,12,14,18-19H,4-5,11,13H2,1-3H3. The van der Waals surface area contributed by atoms with Crippen LogP contribution in [0.25, 0.3) is 0 Å². The maximum atomic E-state index is 3.61. The summed E-state index contributed by atoms with van der Waals surface area (Å²) in [4.78, 5) is 2.30. The molecule has 1 aromatic heterocycles. The molecule has 1 unspecified atom stereocenters. The van der Waals surface area contributed by atoms with E-state index in [1.165, 1.54) is 23.2 Å². The summed E-state index contributed by atoms with van der Waals surface area (Å²) >= 11 is 1.76. The first-order chi connectivity index (χ1) is 10.2. The van der Waals surface area contributed by atoms with E-state index in [9.17, 15) is 0 Å². The van der Waals surface area contributed by atoms with Crippen LogP contribution in [0.5, 0.6) is 0 Å². The summed E-state index contributed by atoms with van der Waals surface area (Å²) in [6.45, 7) is 6.50. The quantitative estimate of drug-likeness (QED) is 0.751. The topological polar surface area (TPSA) is 15.3 Å². The summed E-state index contributed by atoms with van der Waals surface area (Å²) in [7, 11) is 2.15. The van der Waals surface area contributed by atoms with Crippen LogP contribution >= 0.6 is 11.3 Å². The van der Waals surface area contributed by atoms with E-state index in [4.69, 9.17) is 0 Å². The van der Waals surface area contributed by atoms with Gasteiger partial charge in [-0.3, -0.25) is 0 Å². The van der Waals surface area contributed by atoms with Crippen LogP contribution in [0, 0.1) is 0 Å². The zero-order valence-corrected chi connectivity index (χ0v) is 14.1. The predicted molar refractivity (Wildman–Crippen MR) is 94.2 cm³/mol. The van der Waals surface area contributed by atoms with Gasteiger partial charge in [0.1, 0.15) is 0 Å².